The number of rotatable bonds is 4. The minimum atomic E-state index is 0.0582. The highest BCUT2D eigenvalue weighted by atomic mass is 16.2. The average molecular weight is 243 g/mol. The Hall–Kier alpha value is -2.10. The van der Waals surface area contributed by atoms with Crippen molar-refractivity contribution < 1.29 is 4.79 Å². The van der Waals surface area contributed by atoms with Crippen molar-refractivity contribution in [2.75, 3.05) is 13.6 Å². The first-order chi connectivity index (χ1) is 8.68. The van der Waals surface area contributed by atoms with Gasteiger partial charge in [0.15, 0.2) is 0 Å². The van der Waals surface area contributed by atoms with Gasteiger partial charge in [-0.25, -0.2) is 0 Å². The van der Waals surface area contributed by atoms with E-state index in [0.29, 0.717) is 6.54 Å². The lowest BCUT2D eigenvalue weighted by molar-refractivity contribution is 0.0796. The van der Waals surface area contributed by atoms with Crippen molar-refractivity contribution in [2.24, 2.45) is 0 Å². The molecule has 0 aliphatic carbocycles. The summed E-state index contributed by atoms with van der Waals surface area (Å²) in [4.78, 5) is 20.9. The molecule has 0 aliphatic rings. The molecule has 0 saturated heterocycles. The van der Waals surface area contributed by atoms with Crippen LogP contribution in [0.2, 0.25) is 0 Å². The first kappa shape index (κ1) is 12.4. The standard InChI is InChI=1S/C14H17N3O/c1-11-13(5-9-16-11)14(18)17(2)10-6-12-3-7-15-8-4-12/h3-5,7-9,16H,6,10H2,1-2H3. The molecule has 4 nitrogen and oxygen atoms in total. The van der Waals surface area contributed by atoms with Crippen molar-refractivity contribution in [3.05, 3.63) is 53.6 Å². The summed E-state index contributed by atoms with van der Waals surface area (Å²) in [5.74, 6) is 0.0582. The normalized spacial score (nSPS) is 10.3. The summed E-state index contributed by atoms with van der Waals surface area (Å²) >= 11 is 0. The van der Waals surface area contributed by atoms with E-state index >= 15 is 0 Å². The fourth-order valence-electron chi connectivity index (χ4n) is 1.84. The predicted octanol–water partition coefficient (Wildman–Crippen LogP) is 2.03. The Labute approximate surface area is 107 Å². The van der Waals surface area contributed by atoms with E-state index in [1.165, 1.54) is 5.56 Å². The summed E-state index contributed by atoms with van der Waals surface area (Å²) in [6, 6.07) is 5.76. The van der Waals surface area contributed by atoms with Crippen molar-refractivity contribution in [1.29, 1.82) is 0 Å². The van der Waals surface area contributed by atoms with Gasteiger partial charge in [0.05, 0.1) is 5.56 Å². The van der Waals surface area contributed by atoms with Crippen LogP contribution in [0.15, 0.2) is 36.8 Å². The third-order valence-electron chi connectivity index (χ3n) is 3.02. The molecule has 0 atom stereocenters. The maximum atomic E-state index is 12.1. The Morgan fingerprint density at radius 2 is 2.06 bits per heavy atom. The van der Waals surface area contributed by atoms with E-state index in [2.05, 4.69) is 9.97 Å². The summed E-state index contributed by atoms with van der Waals surface area (Å²) in [5.41, 5.74) is 2.85. The van der Waals surface area contributed by atoms with E-state index in [1.54, 1.807) is 23.5 Å². The van der Waals surface area contributed by atoms with E-state index in [9.17, 15) is 4.79 Å². The monoisotopic (exact) mass is 243 g/mol. The van der Waals surface area contributed by atoms with Crippen molar-refractivity contribution >= 4 is 5.91 Å². The second-order valence-electron chi connectivity index (χ2n) is 4.35. The zero-order valence-electron chi connectivity index (χ0n) is 10.7. The topological polar surface area (TPSA) is 49.0 Å². The lowest BCUT2D eigenvalue weighted by Gasteiger charge is -2.17. The smallest absolute Gasteiger partial charge is 0.255 e. The molecule has 0 radical (unpaired) electrons. The molecule has 0 spiro atoms. The Morgan fingerprint density at radius 1 is 1.33 bits per heavy atom. The Bertz CT molecular complexity index is 519. The van der Waals surface area contributed by atoms with Crippen LogP contribution in [0.5, 0.6) is 0 Å². The number of hydrogen-bond donors (Lipinski definition) is 1. The van der Waals surface area contributed by atoms with Crippen LogP contribution < -0.4 is 0 Å². The van der Waals surface area contributed by atoms with Gasteiger partial charge in [0, 0.05) is 37.9 Å². The Morgan fingerprint density at radius 3 is 2.67 bits per heavy atom. The van der Waals surface area contributed by atoms with Gasteiger partial charge in [-0.05, 0) is 37.1 Å². The molecule has 1 amide bonds. The highest BCUT2D eigenvalue weighted by molar-refractivity contribution is 5.95. The molecule has 0 saturated carbocycles. The van der Waals surface area contributed by atoms with Gasteiger partial charge in [-0.1, -0.05) is 0 Å². The Balaban J connectivity index is 1.95. The SMILES string of the molecule is Cc1[nH]ccc1C(=O)N(C)CCc1ccncc1. The fourth-order valence-corrected chi connectivity index (χ4v) is 1.84. The summed E-state index contributed by atoms with van der Waals surface area (Å²) in [7, 11) is 1.83. The molecule has 2 aromatic rings. The van der Waals surface area contributed by atoms with E-state index < -0.39 is 0 Å². The number of aromatic amines is 1. The summed E-state index contributed by atoms with van der Waals surface area (Å²) < 4.78 is 0. The molecule has 2 heterocycles. The molecule has 2 aromatic heterocycles. The zero-order valence-corrected chi connectivity index (χ0v) is 10.7. The van der Waals surface area contributed by atoms with E-state index in [0.717, 1.165) is 17.7 Å². The van der Waals surface area contributed by atoms with Gasteiger partial charge < -0.3 is 9.88 Å². The van der Waals surface area contributed by atoms with Crippen molar-refractivity contribution in [2.45, 2.75) is 13.3 Å². The zero-order chi connectivity index (χ0) is 13.0. The van der Waals surface area contributed by atoms with Crippen LogP contribution in [-0.2, 0) is 6.42 Å². The van der Waals surface area contributed by atoms with E-state index in [-0.39, 0.29) is 5.91 Å². The highest BCUT2D eigenvalue weighted by Gasteiger charge is 2.14. The Kier molecular flexibility index (Phi) is 3.77. The van der Waals surface area contributed by atoms with Gasteiger partial charge in [0.2, 0.25) is 0 Å². The quantitative estimate of drug-likeness (QED) is 0.893. The first-order valence-corrected chi connectivity index (χ1v) is 5.97. The number of H-pyrrole nitrogens is 1. The summed E-state index contributed by atoms with van der Waals surface area (Å²) in [6.45, 7) is 2.61. The predicted molar refractivity (Wildman–Crippen MR) is 70.4 cm³/mol. The second-order valence-corrected chi connectivity index (χ2v) is 4.35. The van der Waals surface area contributed by atoms with Crippen LogP contribution >= 0.6 is 0 Å². The number of nitrogens with zero attached hydrogens (tertiary/aromatic N) is 2. The fraction of sp³-hybridized carbons (Fsp3) is 0.286. The van der Waals surface area contributed by atoms with Gasteiger partial charge in [0.25, 0.3) is 5.91 Å². The van der Waals surface area contributed by atoms with Crippen LogP contribution in [0, 0.1) is 6.92 Å². The molecule has 18 heavy (non-hydrogen) atoms. The molecule has 2 rings (SSSR count). The summed E-state index contributed by atoms with van der Waals surface area (Å²) in [6.07, 6.45) is 6.18. The number of likely N-dealkylation sites (N-methyl/N-ethyl adjacent to an activating group) is 1. The van der Waals surface area contributed by atoms with Crippen LogP contribution in [0.1, 0.15) is 21.6 Å². The van der Waals surface area contributed by atoms with Crippen LogP contribution in [0.4, 0.5) is 0 Å². The minimum Gasteiger partial charge on any atom is -0.365 e. The third-order valence-corrected chi connectivity index (χ3v) is 3.02. The van der Waals surface area contributed by atoms with E-state index in [4.69, 9.17) is 0 Å². The number of nitrogens with one attached hydrogen (secondary N) is 1. The summed E-state index contributed by atoms with van der Waals surface area (Å²) in [5, 5.41) is 0. The molecule has 94 valence electrons. The van der Waals surface area contributed by atoms with Gasteiger partial charge >= 0.3 is 0 Å². The van der Waals surface area contributed by atoms with Crippen molar-refractivity contribution in [3.63, 3.8) is 0 Å². The number of hydrogen-bond acceptors (Lipinski definition) is 2. The van der Waals surface area contributed by atoms with Crippen molar-refractivity contribution in [1.82, 2.24) is 14.9 Å². The molecule has 0 aliphatic heterocycles. The van der Waals surface area contributed by atoms with Crippen molar-refractivity contribution in [3.8, 4) is 0 Å². The van der Waals surface area contributed by atoms with Gasteiger partial charge in [0.1, 0.15) is 0 Å². The molecule has 1 N–H and O–H groups in total. The number of carbonyl (C=O) groups excluding carboxylic acids is 1. The molecular weight excluding hydrogens is 226 g/mol. The maximum absolute atomic E-state index is 12.1. The molecule has 0 unspecified atom stereocenters. The molecular formula is C14H17N3O. The molecule has 0 fully saturated rings. The minimum absolute atomic E-state index is 0.0582. The number of aromatic nitrogens is 2. The van der Waals surface area contributed by atoms with Gasteiger partial charge in [-0.2, -0.15) is 0 Å². The second kappa shape index (κ2) is 5.49. The van der Waals surface area contributed by atoms with Crippen LogP contribution in [0.3, 0.4) is 0 Å². The number of pyridine rings is 1. The molecule has 0 bridgehead atoms. The maximum Gasteiger partial charge on any atom is 0.255 e. The number of aryl methyl sites for hydroxylation is 1. The third kappa shape index (κ3) is 2.77. The highest BCUT2D eigenvalue weighted by Crippen LogP contribution is 2.09. The van der Waals surface area contributed by atoms with Crippen LogP contribution in [-0.4, -0.2) is 34.4 Å². The molecule has 0 aromatic carbocycles. The number of carbonyl (C=O) groups is 1. The lowest BCUT2D eigenvalue weighted by Crippen LogP contribution is -2.29. The molecule has 4 heteroatoms. The first-order valence-electron chi connectivity index (χ1n) is 5.97. The van der Waals surface area contributed by atoms with Gasteiger partial charge in [-0.15, -0.1) is 0 Å². The average Bonchev–Trinajstić information content (AvgIpc) is 2.82. The number of amides is 1. The van der Waals surface area contributed by atoms with Gasteiger partial charge in [-0.3, -0.25) is 9.78 Å². The van der Waals surface area contributed by atoms with E-state index in [1.807, 2.05) is 32.2 Å². The lowest BCUT2D eigenvalue weighted by atomic mass is 10.2. The largest absolute Gasteiger partial charge is 0.365 e. The van der Waals surface area contributed by atoms with Crippen LogP contribution in [0.25, 0.3) is 0 Å².